The van der Waals surface area contributed by atoms with Gasteiger partial charge in [-0.1, -0.05) is 59.4 Å². The van der Waals surface area contributed by atoms with Gasteiger partial charge in [0.15, 0.2) is 0 Å². The summed E-state index contributed by atoms with van der Waals surface area (Å²) in [4.78, 5) is 17.4. The van der Waals surface area contributed by atoms with Gasteiger partial charge in [-0.05, 0) is 48.9 Å². The van der Waals surface area contributed by atoms with Gasteiger partial charge in [-0.3, -0.25) is 10.2 Å². The molecule has 0 saturated heterocycles. The second kappa shape index (κ2) is 9.89. The number of carbonyl (C=O) groups excluding carboxylic acids is 1. The Morgan fingerprint density at radius 1 is 1.00 bits per heavy atom. The van der Waals surface area contributed by atoms with E-state index in [9.17, 15) is 4.79 Å². The van der Waals surface area contributed by atoms with Crippen LogP contribution in [-0.4, -0.2) is 24.2 Å². The van der Waals surface area contributed by atoms with E-state index >= 15 is 0 Å². The van der Waals surface area contributed by atoms with Gasteiger partial charge >= 0.3 is 0 Å². The number of ether oxygens (including phenoxy) is 1. The molecule has 0 saturated carbocycles. The van der Waals surface area contributed by atoms with Gasteiger partial charge in [-0.25, -0.2) is 4.98 Å². The summed E-state index contributed by atoms with van der Waals surface area (Å²) in [5, 5.41) is 8.51. The summed E-state index contributed by atoms with van der Waals surface area (Å²) in [6.07, 6.45) is 1.70. The van der Waals surface area contributed by atoms with Gasteiger partial charge in [0, 0.05) is 11.1 Å². The number of methoxy groups -OCH3 is 1. The molecular weight excluding hydrogens is 420 g/mol. The van der Waals surface area contributed by atoms with Crippen molar-refractivity contribution in [2.24, 2.45) is 5.10 Å². The number of nitrogens with zero attached hydrogens (tertiary/aromatic N) is 2. The third-order valence-electron chi connectivity index (χ3n) is 4.70. The molecule has 0 aliphatic rings. The van der Waals surface area contributed by atoms with Crippen LogP contribution in [0.4, 0.5) is 10.1 Å². The molecule has 1 amide bonds. The Morgan fingerprint density at radius 2 is 1.72 bits per heavy atom. The maximum Gasteiger partial charge on any atom is 0.256 e. The van der Waals surface area contributed by atoms with E-state index in [1.165, 1.54) is 11.3 Å². The average molecular weight is 443 g/mol. The Kier molecular flexibility index (Phi) is 6.57. The first-order chi connectivity index (χ1) is 15.6. The van der Waals surface area contributed by atoms with Crippen molar-refractivity contribution in [2.45, 2.75) is 6.92 Å². The first-order valence-electron chi connectivity index (χ1n) is 10.00. The number of thiazole rings is 1. The molecule has 0 fully saturated rings. The normalized spacial score (nSPS) is 10.8. The maximum atomic E-state index is 12.8. The molecule has 4 aromatic rings. The minimum absolute atomic E-state index is 0.181. The number of hydrogen-bond acceptors (Lipinski definition) is 6. The molecule has 3 aromatic carbocycles. The van der Waals surface area contributed by atoms with E-state index in [4.69, 9.17) is 4.74 Å². The highest BCUT2D eigenvalue weighted by atomic mass is 32.1. The zero-order valence-corrected chi connectivity index (χ0v) is 18.5. The molecule has 1 heterocycles. The molecule has 160 valence electrons. The molecule has 2 N–H and O–H groups in total. The van der Waals surface area contributed by atoms with Crippen LogP contribution >= 0.6 is 11.3 Å². The average Bonchev–Trinajstić information content (AvgIpc) is 3.23. The molecule has 0 radical (unpaired) electrons. The quantitative estimate of drug-likeness (QED) is 0.279. The van der Waals surface area contributed by atoms with Gasteiger partial charge in [-0.2, -0.15) is 5.10 Å². The minimum Gasteiger partial charge on any atom is -0.497 e. The van der Waals surface area contributed by atoms with Gasteiger partial charge in [0.05, 0.1) is 13.3 Å². The summed E-state index contributed by atoms with van der Waals surface area (Å²) >= 11 is 1.33. The smallest absolute Gasteiger partial charge is 0.256 e. The monoisotopic (exact) mass is 442 g/mol. The first-order valence-corrected chi connectivity index (χ1v) is 10.8. The second-order valence-corrected chi connectivity index (χ2v) is 8.03. The number of hydrogen-bond donors (Lipinski definition) is 2. The van der Waals surface area contributed by atoms with Crippen molar-refractivity contribution in [2.75, 3.05) is 17.9 Å². The molecule has 0 aliphatic heterocycles. The third-order valence-corrected chi connectivity index (χ3v) is 5.58. The summed E-state index contributed by atoms with van der Waals surface area (Å²) in [6, 6.07) is 24.8. The topological polar surface area (TPSA) is 75.6 Å². The SMILES string of the molecule is COc1ccc(C=NNc2nc(-c3ccccc3)c(NC(=O)c3ccc(C)cc3)s2)cc1. The fourth-order valence-electron chi connectivity index (χ4n) is 2.98. The number of aromatic nitrogens is 1. The van der Waals surface area contributed by atoms with Crippen molar-refractivity contribution in [3.8, 4) is 17.0 Å². The van der Waals surface area contributed by atoms with Crippen molar-refractivity contribution >= 4 is 33.6 Å². The lowest BCUT2D eigenvalue weighted by molar-refractivity contribution is 0.102. The van der Waals surface area contributed by atoms with E-state index in [0.717, 1.165) is 22.4 Å². The molecule has 0 spiro atoms. The highest BCUT2D eigenvalue weighted by molar-refractivity contribution is 7.20. The largest absolute Gasteiger partial charge is 0.497 e. The fourth-order valence-corrected chi connectivity index (χ4v) is 3.81. The number of nitrogens with one attached hydrogen (secondary N) is 2. The van der Waals surface area contributed by atoms with Crippen LogP contribution in [0.3, 0.4) is 0 Å². The highest BCUT2D eigenvalue weighted by Gasteiger charge is 2.16. The lowest BCUT2D eigenvalue weighted by Crippen LogP contribution is -2.11. The van der Waals surface area contributed by atoms with Crippen LogP contribution in [0.5, 0.6) is 5.75 Å². The van der Waals surface area contributed by atoms with E-state index in [-0.39, 0.29) is 5.91 Å². The van der Waals surface area contributed by atoms with Gasteiger partial charge in [0.25, 0.3) is 5.91 Å². The highest BCUT2D eigenvalue weighted by Crippen LogP contribution is 2.36. The van der Waals surface area contributed by atoms with Crippen LogP contribution in [-0.2, 0) is 0 Å². The van der Waals surface area contributed by atoms with Gasteiger partial charge in [-0.15, -0.1) is 0 Å². The van der Waals surface area contributed by atoms with Crippen molar-refractivity contribution in [3.05, 3.63) is 95.6 Å². The molecular formula is C25H22N4O2S. The molecule has 0 bridgehead atoms. The summed E-state index contributed by atoms with van der Waals surface area (Å²) in [6.45, 7) is 1.99. The molecule has 4 rings (SSSR count). The van der Waals surface area contributed by atoms with Crippen molar-refractivity contribution < 1.29 is 9.53 Å². The zero-order valence-electron chi connectivity index (χ0n) is 17.7. The van der Waals surface area contributed by atoms with Crippen LogP contribution < -0.4 is 15.5 Å². The van der Waals surface area contributed by atoms with Gasteiger partial charge in [0.1, 0.15) is 16.4 Å². The van der Waals surface area contributed by atoms with E-state index < -0.39 is 0 Å². The summed E-state index contributed by atoms with van der Waals surface area (Å²) in [5.74, 6) is 0.607. The van der Waals surface area contributed by atoms with E-state index in [0.29, 0.717) is 21.4 Å². The Morgan fingerprint density at radius 3 is 2.41 bits per heavy atom. The number of hydrazone groups is 1. The van der Waals surface area contributed by atoms with Gasteiger partial charge < -0.3 is 10.1 Å². The Labute approximate surface area is 190 Å². The molecule has 0 unspecified atom stereocenters. The Bertz CT molecular complexity index is 1220. The standard InChI is InChI=1S/C25H22N4O2S/c1-17-8-12-20(13-9-17)23(30)28-24-22(19-6-4-3-5-7-19)27-25(32-24)29-26-16-18-10-14-21(31-2)15-11-18/h3-16H,1-2H3,(H,27,29)(H,28,30). The zero-order chi connectivity index (χ0) is 22.3. The molecule has 0 aliphatic carbocycles. The molecule has 32 heavy (non-hydrogen) atoms. The number of aryl methyl sites for hydroxylation is 1. The van der Waals surface area contributed by atoms with E-state index in [1.54, 1.807) is 13.3 Å². The summed E-state index contributed by atoms with van der Waals surface area (Å²) in [7, 11) is 1.63. The van der Waals surface area contributed by atoms with Crippen LogP contribution in [0, 0.1) is 6.92 Å². The lowest BCUT2D eigenvalue weighted by atomic mass is 10.1. The van der Waals surface area contributed by atoms with Crippen LogP contribution in [0.15, 0.2) is 84.0 Å². The molecule has 0 atom stereocenters. The Hall–Kier alpha value is -3.97. The minimum atomic E-state index is -0.181. The second-order valence-electron chi connectivity index (χ2n) is 7.03. The number of anilines is 2. The fraction of sp³-hybridized carbons (Fsp3) is 0.0800. The summed E-state index contributed by atoms with van der Waals surface area (Å²) < 4.78 is 5.17. The molecule has 7 heteroatoms. The molecule has 6 nitrogen and oxygen atoms in total. The maximum absolute atomic E-state index is 12.8. The third kappa shape index (κ3) is 5.19. The number of amides is 1. The van der Waals surface area contributed by atoms with E-state index in [1.807, 2.05) is 85.8 Å². The Balaban J connectivity index is 1.55. The number of carbonyl (C=O) groups is 1. The number of benzene rings is 3. The van der Waals surface area contributed by atoms with Crippen molar-refractivity contribution in [1.82, 2.24) is 4.98 Å². The number of rotatable bonds is 7. The van der Waals surface area contributed by atoms with E-state index in [2.05, 4.69) is 20.8 Å². The van der Waals surface area contributed by atoms with Crippen LogP contribution in [0.1, 0.15) is 21.5 Å². The van der Waals surface area contributed by atoms with Gasteiger partial charge in [0.2, 0.25) is 5.13 Å². The van der Waals surface area contributed by atoms with Crippen LogP contribution in [0.25, 0.3) is 11.3 Å². The van der Waals surface area contributed by atoms with Crippen LogP contribution in [0.2, 0.25) is 0 Å². The predicted octanol–water partition coefficient (Wildman–Crippen LogP) is 5.83. The first kappa shape index (κ1) is 21.3. The predicted molar refractivity (Wildman–Crippen MR) is 131 cm³/mol. The lowest BCUT2D eigenvalue weighted by Gasteiger charge is -2.05. The van der Waals surface area contributed by atoms with Crippen molar-refractivity contribution in [3.63, 3.8) is 0 Å². The molecule has 1 aromatic heterocycles. The van der Waals surface area contributed by atoms with Crippen molar-refractivity contribution in [1.29, 1.82) is 0 Å². The summed E-state index contributed by atoms with van der Waals surface area (Å²) in [5.41, 5.74) is 7.19.